The Morgan fingerprint density at radius 3 is 2.46 bits per heavy atom. The molecule has 1 amide bonds. The van der Waals surface area contributed by atoms with E-state index in [1.165, 1.54) is 49.6 Å². The fourth-order valence-corrected chi connectivity index (χ4v) is 4.39. The molecule has 0 aliphatic carbocycles. The lowest BCUT2D eigenvalue weighted by Crippen LogP contribution is -2.26. The molecule has 0 aliphatic heterocycles. The van der Waals surface area contributed by atoms with Gasteiger partial charge in [0.2, 0.25) is 5.82 Å². The summed E-state index contributed by atoms with van der Waals surface area (Å²) in [5.41, 5.74) is 1.65. The number of carbonyl (C=O) groups is 1. The summed E-state index contributed by atoms with van der Waals surface area (Å²) in [6, 6.07) is 15.2. The first kappa shape index (κ1) is 26.3. The average molecular weight is 526 g/mol. The smallest absolute Gasteiger partial charge is 0.292 e. The number of nitrogens with one attached hydrogen (secondary N) is 1. The number of methoxy groups -OCH3 is 1. The van der Waals surface area contributed by atoms with Gasteiger partial charge in [-0.3, -0.25) is 9.36 Å². The molecule has 192 valence electrons. The van der Waals surface area contributed by atoms with Gasteiger partial charge in [-0.1, -0.05) is 43.6 Å². The lowest BCUT2D eigenvalue weighted by molar-refractivity contribution is 0.101. The molecule has 3 aromatic carbocycles. The van der Waals surface area contributed by atoms with Crippen LogP contribution in [-0.4, -0.2) is 27.7 Å². The zero-order chi connectivity index (χ0) is 26.9. The number of imidazole rings is 1. The van der Waals surface area contributed by atoms with Gasteiger partial charge in [0, 0.05) is 16.7 Å². The molecule has 0 bridgehead atoms. The second-order valence-corrected chi connectivity index (χ2v) is 9.49. The maximum atomic E-state index is 14.4. The van der Waals surface area contributed by atoms with Crippen molar-refractivity contribution in [2.75, 3.05) is 12.4 Å². The zero-order valence-corrected chi connectivity index (χ0v) is 21.5. The first-order valence-electron chi connectivity index (χ1n) is 11.5. The molecular weight excluding hydrogens is 500 g/mol. The van der Waals surface area contributed by atoms with E-state index in [-0.39, 0.29) is 16.5 Å². The number of benzene rings is 3. The maximum Gasteiger partial charge on any atom is 0.292 e. The van der Waals surface area contributed by atoms with Gasteiger partial charge in [0.15, 0.2) is 0 Å². The van der Waals surface area contributed by atoms with Crippen molar-refractivity contribution in [2.24, 2.45) is 0 Å². The molecule has 1 unspecified atom stereocenters. The number of para-hydroxylation sites is 1. The molecule has 1 heterocycles. The first-order valence-corrected chi connectivity index (χ1v) is 11.9. The summed E-state index contributed by atoms with van der Waals surface area (Å²) >= 11 is 6.10. The van der Waals surface area contributed by atoms with Crippen LogP contribution in [0.15, 0.2) is 66.9 Å². The summed E-state index contributed by atoms with van der Waals surface area (Å²) in [7, 11) is 1.52. The van der Waals surface area contributed by atoms with Gasteiger partial charge in [-0.25, -0.2) is 13.8 Å². The van der Waals surface area contributed by atoms with Gasteiger partial charge in [0.05, 0.1) is 35.8 Å². The van der Waals surface area contributed by atoms with Crippen LogP contribution in [0.5, 0.6) is 5.75 Å². The quantitative estimate of drug-likeness (QED) is 0.291. The number of carbonyl (C=O) groups excluding carboxylic acids is 1. The number of amides is 1. The number of ether oxygens (including phenoxy) is 1. The number of aromatic nitrogens is 2. The Morgan fingerprint density at radius 2 is 1.84 bits per heavy atom. The van der Waals surface area contributed by atoms with Crippen molar-refractivity contribution < 1.29 is 23.4 Å². The number of halogens is 3. The molecule has 0 spiro atoms. The van der Waals surface area contributed by atoms with Crippen molar-refractivity contribution >= 4 is 23.2 Å². The molecule has 0 fully saturated rings. The van der Waals surface area contributed by atoms with Crippen molar-refractivity contribution in [1.82, 2.24) is 9.55 Å². The minimum absolute atomic E-state index is 0.0402. The minimum atomic E-state index is -0.736. The molecule has 2 N–H and O–H groups in total. The van der Waals surface area contributed by atoms with Crippen LogP contribution in [0.1, 0.15) is 54.3 Å². The van der Waals surface area contributed by atoms with Crippen molar-refractivity contribution in [3.63, 3.8) is 0 Å². The van der Waals surface area contributed by atoms with E-state index in [1.54, 1.807) is 23.8 Å². The SMILES string of the molecule is COc1cc(C(C)(C)c2cnc(C(=O)Nc3c(F)cccc3Cl)n2-c2ccc(F)cc2)ccc1C(C)O. The van der Waals surface area contributed by atoms with Crippen molar-refractivity contribution in [3.8, 4) is 11.4 Å². The molecule has 4 rings (SSSR count). The fourth-order valence-electron chi connectivity index (χ4n) is 4.18. The van der Waals surface area contributed by atoms with E-state index in [0.29, 0.717) is 22.7 Å². The Morgan fingerprint density at radius 1 is 1.14 bits per heavy atom. The van der Waals surface area contributed by atoms with E-state index in [0.717, 1.165) is 5.56 Å². The summed E-state index contributed by atoms with van der Waals surface area (Å²) in [5, 5.41) is 12.6. The molecular formula is C28H26ClF2N3O3. The lowest BCUT2D eigenvalue weighted by atomic mass is 9.80. The normalized spacial score (nSPS) is 12.3. The van der Waals surface area contributed by atoms with Crippen LogP contribution < -0.4 is 10.1 Å². The molecule has 6 nitrogen and oxygen atoms in total. The van der Waals surface area contributed by atoms with E-state index in [2.05, 4.69) is 10.3 Å². The van der Waals surface area contributed by atoms with Crippen LogP contribution in [0.25, 0.3) is 5.69 Å². The summed E-state index contributed by atoms with van der Waals surface area (Å²) in [4.78, 5) is 17.7. The fraction of sp³-hybridized carbons (Fsp3) is 0.214. The molecule has 9 heteroatoms. The largest absolute Gasteiger partial charge is 0.496 e. The van der Waals surface area contributed by atoms with E-state index in [1.807, 2.05) is 26.0 Å². The highest BCUT2D eigenvalue weighted by Crippen LogP contribution is 2.38. The first-order chi connectivity index (χ1) is 17.5. The molecule has 1 aromatic heterocycles. The highest BCUT2D eigenvalue weighted by Gasteiger charge is 2.32. The molecule has 0 saturated carbocycles. The van der Waals surface area contributed by atoms with Gasteiger partial charge in [-0.15, -0.1) is 0 Å². The van der Waals surface area contributed by atoms with Crippen molar-refractivity contribution in [3.05, 3.63) is 106 Å². The van der Waals surface area contributed by atoms with Crippen LogP contribution in [0, 0.1) is 11.6 Å². The Balaban J connectivity index is 1.86. The number of anilines is 1. The highest BCUT2D eigenvalue weighted by molar-refractivity contribution is 6.33. The second-order valence-electron chi connectivity index (χ2n) is 9.09. The highest BCUT2D eigenvalue weighted by atomic mass is 35.5. The van der Waals surface area contributed by atoms with E-state index >= 15 is 0 Å². The number of nitrogens with zero attached hydrogens (tertiary/aromatic N) is 2. The average Bonchev–Trinajstić information content (AvgIpc) is 3.32. The van der Waals surface area contributed by atoms with Crippen molar-refractivity contribution in [2.45, 2.75) is 32.3 Å². The van der Waals surface area contributed by atoms with E-state index in [9.17, 15) is 18.7 Å². The molecule has 4 aromatic rings. The third-order valence-electron chi connectivity index (χ3n) is 6.30. The van der Waals surface area contributed by atoms with Crippen LogP contribution in [0.2, 0.25) is 5.02 Å². The minimum Gasteiger partial charge on any atom is -0.496 e. The number of aliphatic hydroxyl groups is 1. The number of aliphatic hydroxyl groups excluding tert-OH is 1. The molecule has 0 aliphatic rings. The van der Waals surface area contributed by atoms with Gasteiger partial charge in [0.25, 0.3) is 5.91 Å². The Kier molecular flexibility index (Phi) is 7.34. The third-order valence-corrected chi connectivity index (χ3v) is 6.61. The summed E-state index contributed by atoms with van der Waals surface area (Å²) in [6.07, 6.45) is 0.827. The molecule has 0 radical (unpaired) electrons. The number of hydrogen-bond acceptors (Lipinski definition) is 4. The summed E-state index contributed by atoms with van der Waals surface area (Å²) < 4.78 is 35.2. The molecule has 37 heavy (non-hydrogen) atoms. The van der Waals surface area contributed by atoms with Gasteiger partial charge < -0.3 is 15.2 Å². The second kappa shape index (κ2) is 10.3. The Bertz CT molecular complexity index is 1430. The van der Waals surface area contributed by atoms with Crippen LogP contribution >= 0.6 is 11.6 Å². The lowest BCUT2D eigenvalue weighted by Gasteiger charge is -2.28. The molecule has 1 atom stereocenters. The van der Waals surface area contributed by atoms with Crippen molar-refractivity contribution in [1.29, 1.82) is 0 Å². The predicted molar refractivity (Wildman–Crippen MR) is 139 cm³/mol. The van der Waals surface area contributed by atoms with E-state index < -0.39 is 29.1 Å². The van der Waals surface area contributed by atoms with Crippen LogP contribution in [0.4, 0.5) is 14.5 Å². The number of hydrogen-bond donors (Lipinski definition) is 2. The zero-order valence-electron chi connectivity index (χ0n) is 20.7. The maximum absolute atomic E-state index is 14.4. The topological polar surface area (TPSA) is 76.4 Å². The monoisotopic (exact) mass is 525 g/mol. The van der Waals surface area contributed by atoms with Crippen LogP contribution in [-0.2, 0) is 5.41 Å². The summed E-state index contributed by atoms with van der Waals surface area (Å²) in [6.45, 7) is 5.53. The van der Waals surface area contributed by atoms with Gasteiger partial charge >= 0.3 is 0 Å². The van der Waals surface area contributed by atoms with Gasteiger partial charge in [-0.2, -0.15) is 0 Å². The third kappa shape index (κ3) is 5.08. The van der Waals surface area contributed by atoms with Gasteiger partial charge in [0.1, 0.15) is 17.4 Å². The predicted octanol–water partition coefficient (Wildman–Crippen LogP) is 6.44. The Hall–Kier alpha value is -3.75. The Labute approximate surface area is 218 Å². The van der Waals surface area contributed by atoms with E-state index in [4.69, 9.17) is 16.3 Å². The number of rotatable bonds is 7. The summed E-state index contributed by atoms with van der Waals surface area (Å²) in [5.74, 6) is -1.35. The van der Waals surface area contributed by atoms with Gasteiger partial charge in [-0.05, 0) is 55.0 Å². The standard InChI is InChI=1S/C28H26ClF2N3O3/c1-16(35)20-13-8-17(14-23(20)37-4)28(2,3)24-15-32-26(34(24)19-11-9-18(30)10-12-19)27(36)33-25-21(29)6-5-7-22(25)31/h5-16,35H,1-4H3,(H,33,36). The molecule has 0 saturated heterocycles. The van der Waals surface area contributed by atoms with Crippen LogP contribution in [0.3, 0.4) is 0 Å².